The molecule has 1 heterocycles. The summed E-state index contributed by atoms with van der Waals surface area (Å²) >= 11 is 0. The third-order valence-corrected chi connectivity index (χ3v) is 3.85. The first-order valence-corrected chi connectivity index (χ1v) is 8.46. The normalized spacial score (nSPS) is 14.8. The lowest BCUT2D eigenvalue weighted by atomic mass is 10.1. The fourth-order valence-electron chi connectivity index (χ4n) is 2.49. The van der Waals surface area contributed by atoms with Gasteiger partial charge < -0.3 is 24.6 Å². The molecule has 1 fully saturated rings. The standard InChI is InChI=1S/C15H22N2O2.C4H4O4/c1-17-10-4-5-15(17)16-9-8-12-6-7-13(18-2)14(11-12)19-3;5-3(6)1-2-4(7)8/h6-7,11H,4-5,8-10H2,1-3H3;1-2H,(H,5,6)(H,7,8)/b;2-1+. The van der Waals surface area contributed by atoms with E-state index in [0.717, 1.165) is 37.4 Å². The van der Waals surface area contributed by atoms with Crippen molar-refractivity contribution in [2.75, 3.05) is 34.4 Å². The number of ether oxygens (including phenoxy) is 2. The molecule has 8 nitrogen and oxygen atoms in total. The molecular formula is C19H26N2O6. The Morgan fingerprint density at radius 3 is 2.26 bits per heavy atom. The second-order valence-corrected chi connectivity index (χ2v) is 5.77. The molecule has 2 rings (SSSR count). The molecule has 27 heavy (non-hydrogen) atoms. The zero-order chi connectivity index (χ0) is 20.2. The molecule has 8 heteroatoms. The van der Waals surface area contributed by atoms with E-state index in [0.29, 0.717) is 12.2 Å². The summed E-state index contributed by atoms with van der Waals surface area (Å²) in [4.78, 5) is 26.0. The van der Waals surface area contributed by atoms with Crippen LogP contribution in [0.1, 0.15) is 18.4 Å². The lowest BCUT2D eigenvalue weighted by Gasteiger charge is -2.11. The molecule has 0 saturated carbocycles. The predicted octanol–water partition coefficient (Wildman–Crippen LogP) is 2.08. The number of rotatable bonds is 7. The van der Waals surface area contributed by atoms with Gasteiger partial charge in [0, 0.05) is 38.7 Å². The van der Waals surface area contributed by atoms with Crippen molar-refractivity contribution < 1.29 is 29.3 Å². The number of carbonyl (C=O) groups is 2. The molecule has 0 spiro atoms. The molecule has 0 aliphatic carbocycles. The second-order valence-electron chi connectivity index (χ2n) is 5.77. The van der Waals surface area contributed by atoms with Crippen molar-refractivity contribution >= 4 is 17.8 Å². The number of nitrogens with zero attached hydrogens (tertiary/aromatic N) is 2. The van der Waals surface area contributed by atoms with Crippen LogP contribution in [0.25, 0.3) is 0 Å². The van der Waals surface area contributed by atoms with Gasteiger partial charge in [-0.05, 0) is 30.5 Å². The first-order chi connectivity index (χ1) is 12.9. The summed E-state index contributed by atoms with van der Waals surface area (Å²) in [6.07, 6.45) is 4.39. The Labute approximate surface area is 158 Å². The number of aliphatic imine (C=N–C) groups is 1. The van der Waals surface area contributed by atoms with Crippen LogP contribution in [-0.2, 0) is 16.0 Å². The molecule has 1 aromatic carbocycles. The maximum Gasteiger partial charge on any atom is 0.328 e. The number of carboxylic acid groups (broad SMARTS) is 2. The minimum absolute atomic E-state index is 0.558. The van der Waals surface area contributed by atoms with E-state index in [9.17, 15) is 9.59 Å². The summed E-state index contributed by atoms with van der Waals surface area (Å²) in [5, 5.41) is 15.6. The van der Waals surface area contributed by atoms with Crippen molar-refractivity contribution in [2.45, 2.75) is 19.3 Å². The van der Waals surface area contributed by atoms with E-state index in [-0.39, 0.29) is 0 Å². The van der Waals surface area contributed by atoms with Crippen LogP contribution in [-0.4, -0.2) is 67.2 Å². The Hall–Kier alpha value is -3.03. The van der Waals surface area contributed by atoms with Gasteiger partial charge in [0.2, 0.25) is 0 Å². The Morgan fingerprint density at radius 2 is 1.78 bits per heavy atom. The quantitative estimate of drug-likeness (QED) is 0.699. The zero-order valence-electron chi connectivity index (χ0n) is 15.8. The van der Waals surface area contributed by atoms with Crippen molar-refractivity contribution in [1.29, 1.82) is 0 Å². The Morgan fingerprint density at radius 1 is 1.15 bits per heavy atom. The Balaban J connectivity index is 0.000000387. The van der Waals surface area contributed by atoms with Crippen LogP contribution >= 0.6 is 0 Å². The fraction of sp³-hybridized carbons (Fsp3) is 0.421. The maximum absolute atomic E-state index is 9.55. The molecule has 0 unspecified atom stereocenters. The van der Waals surface area contributed by atoms with Gasteiger partial charge in [0.15, 0.2) is 11.5 Å². The van der Waals surface area contributed by atoms with E-state index in [1.54, 1.807) is 14.2 Å². The molecule has 1 saturated heterocycles. The third-order valence-electron chi connectivity index (χ3n) is 3.85. The van der Waals surface area contributed by atoms with E-state index >= 15 is 0 Å². The summed E-state index contributed by atoms with van der Waals surface area (Å²) < 4.78 is 10.5. The SMILES string of the molecule is COc1ccc(CCN=C2CCCN2C)cc1OC.O=C(O)/C=C/C(=O)O. The Bertz CT molecular complexity index is 683. The van der Waals surface area contributed by atoms with E-state index in [2.05, 4.69) is 23.0 Å². The first kappa shape index (κ1) is 22.0. The number of hydrogen-bond donors (Lipinski definition) is 2. The molecule has 0 atom stereocenters. The van der Waals surface area contributed by atoms with Gasteiger partial charge in [0.1, 0.15) is 0 Å². The van der Waals surface area contributed by atoms with Gasteiger partial charge in [-0.15, -0.1) is 0 Å². The molecule has 2 N–H and O–H groups in total. The van der Waals surface area contributed by atoms with E-state index in [4.69, 9.17) is 19.7 Å². The molecular weight excluding hydrogens is 352 g/mol. The van der Waals surface area contributed by atoms with Crippen LogP contribution < -0.4 is 9.47 Å². The molecule has 0 radical (unpaired) electrons. The highest BCUT2D eigenvalue weighted by Crippen LogP contribution is 2.27. The minimum Gasteiger partial charge on any atom is -0.493 e. The van der Waals surface area contributed by atoms with Gasteiger partial charge in [0.05, 0.1) is 20.1 Å². The zero-order valence-corrected chi connectivity index (χ0v) is 15.8. The number of carboxylic acids is 2. The molecule has 0 aromatic heterocycles. The summed E-state index contributed by atoms with van der Waals surface area (Å²) in [7, 11) is 5.43. The van der Waals surface area contributed by atoms with Crippen LogP contribution in [0.15, 0.2) is 35.3 Å². The van der Waals surface area contributed by atoms with Gasteiger partial charge >= 0.3 is 11.9 Å². The van der Waals surface area contributed by atoms with Crippen molar-refractivity contribution in [3.05, 3.63) is 35.9 Å². The van der Waals surface area contributed by atoms with E-state index < -0.39 is 11.9 Å². The minimum atomic E-state index is -1.26. The molecule has 0 bridgehead atoms. The lowest BCUT2D eigenvalue weighted by molar-refractivity contribution is -0.134. The highest BCUT2D eigenvalue weighted by molar-refractivity contribution is 5.89. The van der Waals surface area contributed by atoms with Gasteiger partial charge in [-0.1, -0.05) is 6.07 Å². The van der Waals surface area contributed by atoms with Gasteiger partial charge in [0.25, 0.3) is 0 Å². The van der Waals surface area contributed by atoms with Crippen LogP contribution in [0.5, 0.6) is 11.5 Å². The van der Waals surface area contributed by atoms with E-state index in [1.165, 1.54) is 17.8 Å². The van der Waals surface area contributed by atoms with Crippen molar-refractivity contribution in [1.82, 2.24) is 4.90 Å². The van der Waals surface area contributed by atoms with Gasteiger partial charge in [-0.3, -0.25) is 4.99 Å². The topological polar surface area (TPSA) is 109 Å². The summed E-state index contributed by atoms with van der Waals surface area (Å²) in [5.74, 6) is 0.277. The Kier molecular flexibility index (Phi) is 9.42. The predicted molar refractivity (Wildman–Crippen MR) is 102 cm³/mol. The summed E-state index contributed by atoms with van der Waals surface area (Å²) in [6, 6.07) is 6.04. The van der Waals surface area contributed by atoms with Gasteiger partial charge in [-0.25, -0.2) is 9.59 Å². The van der Waals surface area contributed by atoms with Crippen molar-refractivity contribution in [3.63, 3.8) is 0 Å². The summed E-state index contributed by atoms with van der Waals surface area (Å²) in [6.45, 7) is 1.96. The molecule has 1 aliphatic heterocycles. The number of hydrogen-bond acceptors (Lipinski definition) is 5. The highest BCUT2D eigenvalue weighted by Gasteiger charge is 2.13. The lowest BCUT2D eigenvalue weighted by Crippen LogP contribution is -2.19. The molecule has 1 aromatic rings. The van der Waals surface area contributed by atoms with Crippen LogP contribution in [0.3, 0.4) is 0 Å². The van der Waals surface area contributed by atoms with Crippen LogP contribution in [0, 0.1) is 0 Å². The number of amidine groups is 1. The van der Waals surface area contributed by atoms with Crippen molar-refractivity contribution in [3.8, 4) is 11.5 Å². The van der Waals surface area contributed by atoms with Crippen LogP contribution in [0.4, 0.5) is 0 Å². The average Bonchev–Trinajstić information content (AvgIpc) is 3.05. The summed E-state index contributed by atoms with van der Waals surface area (Å²) in [5.41, 5.74) is 1.22. The third kappa shape index (κ3) is 8.26. The monoisotopic (exact) mass is 378 g/mol. The fourth-order valence-corrected chi connectivity index (χ4v) is 2.49. The van der Waals surface area contributed by atoms with Gasteiger partial charge in [-0.2, -0.15) is 0 Å². The first-order valence-electron chi connectivity index (χ1n) is 8.46. The van der Waals surface area contributed by atoms with Crippen molar-refractivity contribution in [2.24, 2.45) is 4.99 Å². The molecule has 148 valence electrons. The number of aliphatic carboxylic acids is 2. The smallest absolute Gasteiger partial charge is 0.328 e. The number of benzene rings is 1. The maximum atomic E-state index is 9.55. The second kappa shape index (κ2) is 11.6. The average molecular weight is 378 g/mol. The molecule has 0 amide bonds. The van der Waals surface area contributed by atoms with E-state index in [1.807, 2.05) is 12.1 Å². The van der Waals surface area contributed by atoms with Crippen LogP contribution in [0.2, 0.25) is 0 Å². The highest BCUT2D eigenvalue weighted by atomic mass is 16.5. The molecule has 1 aliphatic rings. The largest absolute Gasteiger partial charge is 0.493 e. The number of likely N-dealkylation sites (tertiary alicyclic amines) is 1. The number of methoxy groups -OCH3 is 2.